The van der Waals surface area contributed by atoms with Crippen molar-refractivity contribution in [3.05, 3.63) is 54.7 Å². The number of benzene rings is 1. The molecule has 4 rings (SSSR count). The van der Waals surface area contributed by atoms with Gasteiger partial charge in [-0.15, -0.1) is 0 Å². The van der Waals surface area contributed by atoms with Crippen molar-refractivity contribution >= 4 is 17.4 Å². The minimum Gasteiger partial charge on any atom is -0.397 e. The number of alkyl halides is 3. The summed E-state index contributed by atoms with van der Waals surface area (Å²) in [7, 11) is 0. The van der Waals surface area contributed by atoms with Gasteiger partial charge in [0.1, 0.15) is 17.3 Å². The van der Waals surface area contributed by atoms with Gasteiger partial charge in [-0.25, -0.2) is 9.37 Å². The van der Waals surface area contributed by atoms with Crippen LogP contribution in [0.3, 0.4) is 0 Å². The van der Waals surface area contributed by atoms with Crippen LogP contribution in [0.4, 0.5) is 29.1 Å². The Morgan fingerprint density at radius 1 is 0.969 bits per heavy atom. The number of rotatable bonds is 3. The first-order valence-electron chi connectivity index (χ1n) is 9.68. The van der Waals surface area contributed by atoms with Crippen LogP contribution in [-0.2, 0) is 4.79 Å². The van der Waals surface area contributed by atoms with Crippen LogP contribution in [0.15, 0.2) is 48.9 Å². The van der Waals surface area contributed by atoms with Gasteiger partial charge in [-0.1, -0.05) is 0 Å². The molecule has 1 aromatic carbocycles. The predicted octanol–water partition coefficient (Wildman–Crippen LogP) is 3.14. The highest BCUT2D eigenvalue weighted by atomic mass is 19.4. The Labute approximate surface area is 180 Å². The first-order chi connectivity index (χ1) is 15.2. The number of pyridine rings is 1. The maximum Gasteiger partial charge on any atom is 0.471 e. The summed E-state index contributed by atoms with van der Waals surface area (Å²) in [5, 5.41) is 0. The lowest BCUT2D eigenvalue weighted by Gasteiger charge is -2.35. The Kier molecular flexibility index (Phi) is 5.64. The van der Waals surface area contributed by atoms with E-state index < -0.39 is 17.9 Å². The normalized spacial score (nSPS) is 14.5. The second-order valence-electron chi connectivity index (χ2n) is 7.17. The lowest BCUT2D eigenvalue weighted by molar-refractivity contribution is -0.185. The Hall–Kier alpha value is -3.76. The van der Waals surface area contributed by atoms with Crippen molar-refractivity contribution < 1.29 is 22.4 Å². The molecule has 1 aliphatic rings. The van der Waals surface area contributed by atoms with Crippen LogP contribution in [-0.4, -0.2) is 58.1 Å². The number of aromatic nitrogens is 3. The van der Waals surface area contributed by atoms with Gasteiger partial charge in [0.25, 0.3) is 0 Å². The van der Waals surface area contributed by atoms with Crippen molar-refractivity contribution in [3.8, 4) is 22.5 Å². The van der Waals surface area contributed by atoms with E-state index in [4.69, 9.17) is 5.73 Å². The maximum absolute atomic E-state index is 13.4. The molecule has 3 heterocycles. The summed E-state index contributed by atoms with van der Waals surface area (Å²) in [4.78, 5) is 27.2. The van der Waals surface area contributed by atoms with Gasteiger partial charge in [0.15, 0.2) is 0 Å². The van der Waals surface area contributed by atoms with E-state index >= 15 is 0 Å². The quantitative estimate of drug-likeness (QED) is 0.622. The molecule has 7 nitrogen and oxygen atoms in total. The van der Waals surface area contributed by atoms with Crippen molar-refractivity contribution in [2.24, 2.45) is 0 Å². The molecule has 1 amide bonds. The second-order valence-corrected chi connectivity index (χ2v) is 7.17. The summed E-state index contributed by atoms with van der Waals surface area (Å²) in [6.45, 7) is 0.147. The topological polar surface area (TPSA) is 88.2 Å². The van der Waals surface area contributed by atoms with Crippen LogP contribution >= 0.6 is 0 Å². The third-order valence-corrected chi connectivity index (χ3v) is 5.12. The van der Waals surface area contributed by atoms with Gasteiger partial charge in [-0.3, -0.25) is 14.8 Å². The van der Waals surface area contributed by atoms with E-state index in [1.807, 2.05) is 0 Å². The number of nitrogens with two attached hydrogens (primary N) is 1. The summed E-state index contributed by atoms with van der Waals surface area (Å²) >= 11 is 0. The Balaban J connectivity index is 1.67. The second kappa shape index (κ2) is 8.40. The average molecular weight is 446 g/mol. The van der Waals surface area contributed by atoms with Gasteiger partial charge in [0.2, 0.25) is 0 Å². The summed E-state index contributed by atoms with van der Waals surface area (Å²) in [5.41, 5.74) is 8.55. The Bertz CT molecular complexity index is 1130. The molecule has 2 N–H and O–H groups in total. The van der Waals surface area contributed by atoms with Gasteiger partial charge in [-0.2, -0.15) is 13.2 Å². The van der Waals surface area contributed by atoms with Gasteiger partial charge in [-0.05, 0) is 30.3 Å². The maximum atomic E-state index is 13.4. The van der Waals surface area contributed by atoms with Crippen LogP contribution in [0, 0.1) is 5.82 Å². The number of nitrogen functional groups attached to an aromatic ring is 1. The van der Waals surface area contributed by atoms with Gasteiger partial charge in [0.05, 0.1) is 23.8 Å². The molecule has 0 saturated carbocycles. The number of hydrogen-bond donors (Lipinski definition) is 1. The molecule has 0 atom stereocenters. The summed E-state index contributed by atoms with van der Waals surface area (Å²) < 4.78 is 51.5. The molecule has 32 heavy (non-hydrogen) atoms. The number of anilines is 2. The lowest BCUT2D eigenvalue weighted by Crippen LogP contribution is -2.52. The number of halogens is 4. The summed E-state index contributed by atoms with van der Waals surface area (Å²) in [6, 6.07) is 7.43. The number of nitrogens with zero attached hydrogens (tertiary/aromatic N) is 5. The van der Waals surface area contributed by atoms with Crippen molar-refractivity contribution in [3.63, 3.8) is 0 Å². The average Bonchev–Trinajstić information content (AvgIpc) is 2.79. The zero-order valence-electron chi connectivity index (χ0n) is 16.7. The summed E-state index contributed by atoms with van der Waals surface area (Å²) in [5.74, 6) is -1.81. The zero-order chi connectivity index (χ0) is 22.9. The number of piperazine rings is 1. The zero-order valence-corrected chi connectivity index (χ0v) is 16.7. The molecular formula is C21H18F4N6O. The van der Waals surface area contributed by atoms with E-state index in [-0.39, 0.29) is 26.2 Å². The molecule has 0 aliphatic carbocycles. The fourth-order valence-corrected chi connectivity index (χ4v) is 3.48. The molecule has 11 heteroatoms. The highest BCUT2D eigenvalue weighted by molar-refractivity contribution is 5.84. The number of amides is 1. The molecule has 0 unspecified atom stereocenters. The first-order valence-corrected chi connectivity index (χ1v) is 9.68. The van der Waals surface area contributed by atoms with Crippen molar-refractivity contribution in [2.75, 3.05) is 36.8 Å². The SMILES string of the molecule is Nc1cnccc1-c1nc(N2CCN(C(=O)C(F)(F)F)CC2)cnc1-c1ccc(F)cc1. The molecule has 1 saturated heterocycles. The van der Waals surface area contributed by atoms with Crippen LogP contribution < -0.4 is 10.6 Å². The molecular weight excluding hydrogens is 428 g/mol. The van der Waals surface area contributed by atoms with Crippen molar-refractivity contribution in [1.29, 1.82) is 0 Å². The fourth-order valence-electron chi connectivity index (χ4n) is 3.48. The van der Waals surface area contributed by atoms with Gasteiger partial charge < -0.3 is 15.5 Å². The van der Waals surface area contributed by atoms with Crippen LogP contribution in [0.1, 0.15) is 0 Å². The lowest BCUT2D eigenvalue weighted by atomic mass is 10.0. The van der Waals surface area contributed by atoms with E-state index in [0.29, 0.717) is 34.0 Å². The number of carbonyl (C=O) groups is 1. The smallest absolute Gasteiger partial charge is 0.397 e. The van der Waals surface area contributed by atoms with Gasteiger partial charge >= 0.3 is 12.1 Å². The number of hydrogen-bond acceptors (Lipinski definition) is 6. The van der Waals surface area contributed by atoms with E-state index in [1.54, 1.807) is 29.3 Å². The summed E-state index contributed by atoms with van der Waals surface area (Å²) in [6.07, 6.45) is -0.374. The minimum absolute atomic E-state index is 0.0908. The van der Waals surface area contributed by atoms with E-state index in [9.17, 15) is 22.4 Å². The molecule has 0 spiro atoms. The fraction of sp³-hybridized carbons (Fsp3) is 0.238. The highest BCUT2D eigenvalue weighted by Crippen LogP contribution is 2.33. The third-order valence-electron chi connectivity index (χ3n) is 5.12. The predicted molar refractivity (Wildman–Crippen MR) is 110 cm³/mol. The van der Waals surface area contributed by atoms with Crippen LogP contribution in [0.25, 0.3) is 22.5 Å². The largest absolute Gasteiger partial charge is 0.471 e. The van der Waals surface area contributed by atoms with Crippen LogP contribution in [0.2, 0.25) is 0 Å². The molecule has 3 aromatic rings. The van der Waals surface area contributed by atoms with E-state index in [1.165, 1.54) is 24.5 Å². The molecule has 166 valence electrons. The Morgan fingerprint density at radius 2 is 1.66 bits per heavy atom. The minimum atomic E-state index is -4.90. The third kappa shape index (κ3) is 4.32. The Morgan fingerprint density at radius 3 is 2.28 bits per heavy atom. The van der Waals surface area contributed by atoms with Crippen molar-refractivity contribution in [2.45, 2.75) is 6.18 Å². The van der Waals surface area contributed by atoms with Crippen molar-refractivity contribution in [1.82, 2.24) is 19.9 Å². The highest BCUT2D eigenvalue weighted by Gasteiger charge is 2.43. The standard InChI is InChI=1S/C21H18F4N6O/c22-14-3-1-13(2-4-14)18-19(15-5-6-27-11-16(15)26)29-17(12-28-18)30-7-9-31(10-8-30)20(32)21(23,24)25/h1-6,11-12H,7-10,26H2. The molecule has 0 radical (unpaired) electrons. The molecule has 0 bridgehead atoms. The molecule has 1 fully saturated rings. The monoisotopic (exact) mass is 446 g/mol. The number of carbonyl (C=O) groups excluding carboxylic acids is 1. The first kappa shape index (κ1) is 21.5. The molecule has 2 aromatic heterocycles. The van der Waals surface area contributed by atoms with Crippen LogP contribution in [0.5, 0.6) is 0 Å². The van der Waals surface area contributed by atoms with E-state index in [0.717, 1.165) is 4.90 Å². The van der Waals surface area contributed by atoms with Gasteiger partial charge in [0, 0.05) is 43.5 Å². The molecule has 1 aliphatic heterocycles. The van der Waals surface area contributed by atoms with E-state index in [2.05, 4.69) is 15.0 Å².